The number of piperazine rings is 1. The lowest BCUT2D eigenvalue weighted by molar-refractivity contribution is -0.158. The molecule has 4 saturated heterocycles. The van der Waals surface area contributed by atoms with Gasteiger partial charge in [0, 0.05) is 61.4 Å². The summed E-state index contributed by atoms with van der Waals surface area (Å²) >= 11 is 0. The van der Waals surface area contributed by atoms with E-state index in [4.69, 9.17) is 20.6 Å². The zero-order valence-electron chi connectivity index (χ0n) is 29.6. The molecule has 2 aromatic heterocycles. The van der Waals surface area contributed by atoms with E-state index >= 15 is 8.78 Å². The third kappa shape index (κ3) is 5.26. The first-order valence-electron chi connectivity index (χ1n) is 18.1. The fourth-order valence-electron chi connectivity index (χ4n) is 9.52. The highest BCUT2D eigenvalue weighted by atomic mass is 19.3. The summed E-state index contributed by atoms with van der Waals surface area (Å²) in [4.78, 5) is 27.5. The first kappa shape index (κ1) is 34.6. The van der Waals surface area contributed by atoms with Crippen LogP contribution in [0, 0.1) is 30.9 Å². The number of halogens is 5. The summed E-state index contributed by atoms with van der Waals surface area (Å²) in [6.45, 7) is 3.62. The Bertz CT molecular complexity index is 2430. The van der Waals surface area contributed by atoms with Crippen molar-refractivity contribution in [2.45, 2.75) is 75.7 Å². The molecule has 4 fully saturated rings. The Labute approximate surface area is 306 Å². The Balaban J connectivity index is 1.26. The van der Waals surface area contributed by atoms with E-state index in [9.17, 15) is 23.1 Å². The third-order valence-corrected chi connectivity index (χ3v) is 11.7. The molecule has 54 heavy (non-hydrogen) atoms. The van der Waals surface area contributed by atoms with Gasteiger partial charge in [-0.3, -0.25) is 9.69 Å². The van der Waals surface area contributed by atoms with Crippen LogP contribution < -0.4 is 9.64 Å². The number of hydrogen-bond donors (Lipinski definition) is 1. The number of rotatable bonds is 6. The Kier molecular flexibility index (Phi) is 7.80. The SMILES string of the molecule is C#Cc1c(F)ccc2cc(O)cc(-c3c(F)c4nc(OCC56CCCN5C[C@H](F)C6)nc(N5CC6CCC(C5)N6C(=O)C(C)(F)F)c4c4cc(C)oc34)c12. The normalized spacial score (nSPS) is 24.2. The minimum atomic E-state index is -3.55. The van der Waals surface area contributed by atoms with E-state index in [0.717, 1.165) is 13.0 Å². The van der Waals surface area contributed by atoms with Crippen molar-refractivity contribution in [2.24, 2.45) is 0 Å². The van der Waals surface area contributed by atoms with Crippen molar-refractivity contribution in [1.82, 2.24) is 19.8 Å². The number of terminal acetylenes is 1. The first-order valence-corrected chi connectivity index (χ1v) is 18.1. The summed E-state index contributed by atoms with van der Waals surface area (Å²) in [7, 11) is 0. The molecule has 9 nitrogen and oxygen atoms in total. The average Bonchev–Trinajstić information content (AvgIpc) is 3.85. The number of aromatic nitrogens is 2. The number of carbonyl (C=O) groups excluding carboxylic acids is 1. The van der Waals surface area contributed by atoms with Gasteiger partial charge in [-0.25, -0.2) is 13.2 Å². The number of aryl methyl sites for hydroxylation is 1. The molecule has 5 aromatic rings. The van der Waals surface area contributed by atoms with Gasteiger partial charge in [-0.15, -0.1) is 6.42 Å². The quantitative estimate of drug-likeness (QED) is 0.144. The second-order valence-electron chi connectivity index (χ2n) is 15.3. The van der Waals surface area contributed by atoms with Crippen molar-refractivity contribution in [2.75, 3.05) is 37.7 Å². The summed E-state index contributed by atoms with van der Waals surface area (Å²) in [6.07, 6.45) is 7.61. The number of carbonyl (C=O) groups is 1. The van der Waals surface area contributed by atoms with Crippen molar-refractivity contribution in [3.63, 3.8) is 0 Å². The Morgan fingerprint density at radius 1 is 1.13 bits per heavy atom. The van der Waals surface area contributed by atoms with Crippen LogP contribution in [-0.4, -0.2) is 93.3 Å². The van der Waals surface area contributed by atoms with Gasteiger partial charge in [0.15, 0.2) is 5.82 Å². The van der Waals surface area contributed by atoms with Crippen LogP contribution in [0.3, 0.4) is 0 Å². The number of phenolic OH excluding ortho intramolecular Hbond substituents is 1. The molecule has 1 N–H and O–H groups in total. The van der Waals surface area contributed by atoms with Gasteiger partial charge in [0.25, 0.3) is 5.91 Å². The molecule has 4 atom stereocenters. The molecule has 6 heterocycles. The summed E-state index contributed by atoms with van der Waals surface area (Å²) in [5.74, 6) is -3.57. The standard InChI is InChI=1S/C40H36F5N5O4/c1-4-26-29(42)9-6-21-13-25(51)14-27(30(21)26)31-33(43)34-32(28-12-20(2)54-35(28)31)36(48-17-23-7-8-24(18-48)50(23)37(52)39(3,44)45)47-38(46-34)53-19-40-10-5-11-49(40)16-22(41)15-40/h1,6,9,12-14,22-24,51H,5,7-8,10-11,15-19H2,2-3H3/t22-,23?,24?,40?/m1/s1. The highest BCUT2D eigenvalue weighted by Gasteiger charge is 2.51. The molecule has 280 valence electrons. The lowest BCUT2D eigenvalue weighted by atomic mass is 9.91. The molecular weight excluding hydrogens is 709 g/mol. The molecule has 4 aliphatic heterocycles. The van der Waals surface area contributed by atoms with Gasteiger partial charge in [0.2, 0.25) is 0 Å². The second-order valence-corrected chi connectivity index (χ2v) is 15.3. The number of benzene rings is 3. The van der Waals surface area contributed by atoms with E-state index in [1.165, 1.54) is 29.2 Å². The number of fused-ring (bicyclic) bond motifs is 7. The highest BCUT2D eigenvalue weighted by molar-refractivity contribution is 6.18. The maximum atomic E-state index is 17.6. The molecule has 1 amide bonds. The third-order valence-electron chi connectivity index (χ3n) is 11.7. The van der Waals surface area contributed by atoms with Gasteiger partial charge in [-0.1, -0.05) is 12.0 Å². The zero-order valence-corrected chi connectivity index (χ0v) is 29.6. The fraction of sp³-hybridized carbons (Fsp3) is 0.425. The van der Waals surface area contributed by atoms with E-state index < -0.39 is 47.3 Å². The van der Waals surface area contributed by atoms with Crippen LogP contribution in [0.5, 0.6) is 11.8 Å². The highest BCUT2D eigenvalue weighted by Crippen LogP contribution is 2.47. The molecule has 0 saturated carbocycles. The Morgan fingerprint density at radius 3 is 2.61 bits per heavy atom. The zero-order chi connectivity index (χ0) is 37.8. The van der Waals surface area contributed by atoms with Crippen molar-refractivity contribution in [1.29, 1.82) is 0 Å². The van der Waals surface area contributed by atoms with Crippen molar-refractivity contribution in [3.05, 3.63) is 53.3 Å². The number of phenols is 1. The van der Waals surface area contributed by atoms with Crippen LogP contribution in [0.25, 0.3) is 43.8 Å². The van der Waals surface area contributed by atoms with Gasteiger partial charge >= 0.3 is 11.9 Å². The predicted octanol–water partition coefficient (Wildman–Crippen LogP) is 7.26. The van der Waals surface area contributed by atoms with Gasteiger partial charge in [0.05, 0.1) is 22.1 Å². The van der Waals surface area contributed by atoms with Crippen molar-refractivity contribution >= 4 is 44.4 Å². The monoisotopic (exact) mass is 745 g/mol. The lowest BCUT2D eigenvalue weighted by Gasteiger charge is -2.42. The first-order chi connectivity index (χ1) is 25.8. The number of alkyl halides is 3. The largest absolute Gasteiger partial charge is 0.508 e. The van der Waals surface area contributed by atoms with Gasteiger partial charge in [-0.05, 0) is 68.8 Å². The number of nitrogens with zero attached hydrogens (tertiary/aromatic N) is 5. The van der Waals surface area contributed by atoms with Crippen LogP contribution in [0.1, 0.15) is 50.4 Å². The molecule has 0 aliphatic carbocycles. The molecule has 3 aromatic carbocycles. The van der Waals surface area contributed by atoms with Crippen molar-refractivity contribution < 1.29 is 41.0 Å². The second kappa shape index (κ2) is 12.2. The van der Waals surface area contributed by atoms with Crippen LogP contribution in [0.2, 0.25) is 0 Å². The van der Waals surface area contributed by atoms with Gasteiger partial charge in [0.1, 0.15) is 47.0 Å². The summed E-state index contributed by atoms with van der Waals surface area (Å²) in [6, 6.07) is 5.73. The summed E-state index contributed by atoms with van der Waals surface area (Å²) < 4.78 is 88.6. The summed E-state index contributed by atoms with van der Waals surface area (Å²) in [5, 5.41) is 12.0. The molecule has 9 rings (SSSR count). The average molecular weight is 746 g/mol. The predicted molar refractivity (Wildman–Crippen MR) is 192 cm³/mol. The summed E-state index contributed by atoms with van der Waals surface area (Å²) in [5.41, 5.74) is -0.853. The van der Waals surface area contributed by atoms with Gasteiger partial charge < -0.3 is 24.1 Å². The van der Waals surface area contributed by atoms with Crippen LogP contribution in [-0.2, 0) is 4.79 Å². The number of anilines is 1. The van der Waals surface area contributed by atoms with E-state index in [1.54, 1.807) is 13.0 Å². The van der Waals surface area contributed by atoms with Crippen LogP contribution >= 0.6 is 0 Å². The number of furan rings is 1. The molecule has 2 bridgehead atoms. The van der Waals surface area contributed by atoms with Crippen LogP contribution in [0.4, 0.5) is 27.8 Å². The topological polar surface area (TPSA) is 95.2 Å². The Morgan fingerprint density at radius 2 is 1.89 bits per heavy atom. The molecular formula is C40H36F5N5O4. The fourth-order valence-corrected chi connectivity index (χ4v) is 9.52. The maximum Gasteiger partial charge on any atom is 0.322 e. The molecule has 4 aliphatic rings. The molecule has 0 spiro atoms. The van der Waals surface area contributed by atoms with Gasteiger partial charge in [-0.2, -0.15) is 18.7 Å². The smallest absolute Gasteiger partial charge is 0.322 e. The molecule has 3 unspecified atom stereocenters. The van der Waals surface area contributed by atoms with E-state index in [0.29, 0.717) is 49.3 Å². The molecule has 14 heteroatoms. The number of amides is 1. The number of ether oxygens (including phenoxy) is 1. The molecule has 0 radical (unpaired) electrons. The lowest BCUT2D eigenvalue weighted by Crippen LogP contribution is -2.59. The van der Waals surface area contributed by atoms with Crippen molar-refractivity contribution in [3.8, 4) is 35.2 Å². The van der Waals surface area contributed by atoms with Crippen LogP contribution in [0.15, 0.2) is 34.7 Å². The van der Waals surface area contributed by atoms with E-state index in [2.05, 4.69) is 15.8 Å². The Hall–Kier alpha value is -5.16. The van der Waals surface area contributed by atoms with E-state index in [-0.39, 0.29) is 82.3 Å². The number of aromatic hydroxyl groups is 1. The number of hydrogen-bond acceptors (Lipinski definition) is 8. The van der Waals surface area contributed by atoms with E-state index in [1.807, 2.05) is 4.90 Å². The minimum absolute atomic E-state index is 0.0566. The minimum Gasteiger partial charge on any atom is -0.508 e. The maximum absolute atomic E-state index is 17.6.